The molecule has 2 atom stereocenters. The highest BCUT2D eigenvalue weighted by atomic mass is 35.5. The third-order valence-corrected chi connectivity index (χ3v) is 4.33. The quantitative estimate of drug-likeness (QED) is 0.322. The number of rotatable bonds is 10. The van der Waals surface area contributed by atoms with Gasteiger partial charge in [0.15, 0.2) is 5.96 Å². The third kappa shape index (κ3) is 8.25. The zero-order valence-electron chi connectivity index (χ0n) is 16.4. The predicted octanol–water partition coefficient (Wildman–Crippen LogP) is 2.97. The monoisotopic (exact) mass is 404 g/mol. The zero-order valence-corrected chi connectivity index (χ0v) is 17.2. The lowest BCUT2D eigenvalue weighted by Gasteiger charge is -2.16. The second kappa shape index (κ2) is 12.3. The maximum absolute atomic E-state index is 10.2. The first-order valence-corrected chi connectivity index (χ1v) is 9.93. The molecule has 2 aromatic rings. The Bertz CT molecular complexity index is 710. The number of aliphatic hydroxyl groups is 1. The molecule has 6 nitrogen and oxygen atoms in total. The minimum atomic E-state index is -0.665. The lowest BCUT2D eigenvalue weighted by Crippen LogP contribution is -2.39. The van der Waals surface area contributed by atoms with Gasteiger partial charge in [0.2, 0.25) is 0 Å². The van der Waals surface area contributed by atoms with Crippen molar-refractivity contribution in [2.45, 2.75) is 32.5 Å². The van der Waals surface area contributed by atoms with Gasteiger partial charge in [-0.3, -0.25) is 4.99 Å². The number of benzene rings is 1. The molecule has 7 heteroatoms. The summed E-state index contributed by atoms with van der Waals surface area (Å²) in [5.74, 6) is 0.666. The topological polar surface area (TPSA) is 78.8 Å². The fraction of sp³-hybridized carbons (Fsp3) is 0.429. The van der Waals surface area contributed by atoms with Gasteiger partial charge in [-0.25, -0.2) is 4.98 Å². The molecule has 0 fully saturated rings. The smallest absolute Gasteiger partial charge is 0.191 e. The van der Waals surface area contributed by atoms with Gasteiger partial charge in [0.05, 0.1) is 25.4 Å². The van der Waals surface area contributed by atoms with E-state index < -0.39 is 6.10 Å². The van der Waals surface area contributed by atoms with Gasteiger partial charge in [-0.05, 0) is 37.5 Å². The molecule has 1 aromatic carbocycles. The zero-order chi connectivity index (χ0) is 20.2. The summed E-state index contributed by atoms with van der Waals surface area (Å²) in [6.07, 6.45) is 1.83. The number of halogens is 1. The van der Waals surface area contributed by atoms with E-state index >= 15 is 0 Å². The molecule has 0 aliphatic heterocycles. The van der Waals surface area contributed by atoms with Crippen LogP contribution in [0.15, 0.2) is 53.7 Å². The molecular weight excluding hydrogens is 376 g/mol. The van der Waals surface area contributed by atoms with Crippen LogP contribution in [-0.2, 0) is 11.2 Å². The van der Waals surface area contributed by atoms with Crippen LogP contribution in [0.25, 0.3) is 0 Å². The van der Waals surface area contributed by atoms with Crippen LogP contribution >= 0.6 is 11.6 Å². The van der Waals surface area contributed by atoms with E-state index in [1.165, 1.54) is 0 Å². The maximum Gasteiger partial charge on any atom is 0.191 e. The van der Waals surface area contributed by atoms with Crippen molar-refractivity contribution in [2.75, 3.05) is 26.2 Å². The molecule has 0 aliphatic carbocycles. The normalized spacial score (nSPS) is 13.8. The number of aliphatic imine (C=N–C) groups is 1. The molecule has 0 bridgehead atoms. The van der Waals surface area contributed by atoms with Gasteiger partial charge in [0.1, 0.15) is 5.15 Å². The number of nitrogens with zero attached hydrogens (tertiary/aromatic N) is 2. The molecule has 3 N–H and O–H groups in total. The highest BCUT2D eigenvalue weighted by Crippen LogP contribution is 2.15. The van der Waals surface area contributed by atoms with Gasteiger partial charge in [-0.15, -0.1) is 0 Å². The number of nitrogens with one attached hydrogen (secondary N) is 2. The minimum Gasteiger partial charge on any atom is -0.389 e. The maximum atomic E-state index is 10.2. The van der Waals surface area contributed by atoms with E-state index in [1.54, 1.807) is 12.3 Å². The standard InChI is InChI=1S/C21H29ClN4O2/c1-3-23-21(24-12-11-17-9-10-20(22)25-13-17)26-14-19(27)15-28-16(2)18-7-5-4-6-8-18/h4-10,13,16,19,27H,3,11-12,14-15H2,1-2H3,(H2,23,24,26). The van der Waals surface area contributed by atoms with E-state index in [4.69, 9.17) is 16.3 Å². The summed E-state index contributed by atoms with van der Waals surface area (Å²) < 4.78 is 5.75. The number of hydrogen-bond acceptors (Lipinski definition) is 4. The van der Waals surface area contributed by atoms with Crippen LogP contribution in [0.5, 0.6) is 0 Å². The summed E-state index contributed by atoms with van der Waals surface area (Å²) in [6, 6.07) is 13.7. The predicted molar refractivity (Wildman–Crippen MR) is 114 cm³/mol. The minimum absolute atomic E-state index is 0.0702. The first-order valence-electron chi connectivity index (χ1n) is 9.55. The lowest BCUT2D eigenvalue weighted by molar-refractivity contribution is 0.00112. The number of guanidine groups is 1. The average molecular weight is 405 g/mol. The molecule has 0 radical (unpaired) electrons. The fourth-order valence-corrected chi connectivity index (χ4v) is 2.66. The van der Waals surface area contributed by atoms with Crippen molar-refractivity contribution >= 4 is 17.6 Å². The second-order valence-electron chi connectivity index (χ2n) is 6.43. The molecule has 2 unspecified atom stereocenters. The molecular formula is C21H29ClN4O2. The van der Waals surface area contributed by atoms with Crippen LogP contribution in [0.3, 0.4) is 0 Å². The molecule has 0 aliphatic rings. The van der Waals surface area contributed by atoms with Crippen molar-refractivity contribution < 1.29 is 9.84 Å². The van der Waals surface area contributed by atoms with E-state index in [1.807, 2.05) is 50.2 Å². The van der Waals surface area contributed by atoms with E-state index in [9.17, 15) is 5.11 Å². The fourth-order valence-electron chi connectivity index (χ4n) is 2.55. The lowest BCUT2D eigenvalue weighted by atomic mass is 10.1. The molecule has 0 spiro atoms. The van der Waals surface area contributed by atoms with Gasteiger partial charge < -0.3 is 20.5 Å². The summed E-state index contributed by atoms with van der Waals surface area (Å²) in [4.78, 5) is 8.51. The van der Waals surface area contributed by atoms with Crippen molar-refractivity contribution in [3.05, 3.63) is 64.9 Å². The van der Waals surface area contributed by atoms with E-state index in [0.717, 1.165) is 24.1 Å². The van der Waals surface area contributed by atoms with Gasteiger partial charge >= 0.3 is 0 Å². The molecule has 0 saturated carbocycles. The number of pyridine rings is 1. The molecule has 152 valence electrons. The third-order valence-electron chi connectivity index (χ3n) is 4.11. The van der Waals surface area contributed by atoms with Crippen molar-refractivity contribution in [3.8, 4) is 0 Å². The first kappa shape index (κ1) is 22.1. The molecule has 2 rings (SSSR count). The molecule has 0 amide bonds. The Morgan fingerprint density at radius 3 is 2.68 bits per heavy atom. The summed E-state index contributed by atoms with van der Waals surface area (Å²) in [6.45, 7) is 5.91. The Labute approximate surface area is 172 Å². The highest BCUT2D eigenvalue weighted by Gasteiger charge is 2.10. The SMILES string of the molecule is CCNC(=NCC(O)COC(C)c1ccccc1)NCCc1ccc(Cl)nc1. The Morgan fingerprint density at radius 2 is 2.00 bits per heavy atom. The summed E-state index contributed by atoms with van der Waals surface area (Å²) in [7, 11) is 0. The average Bonchev–Trinajstić information content (AvgIpc) is 2.72. The molecule has 1 aromatic heterocycles. The summed E-state index contributed by atoms with van der Waals surface area (Å²) >= 11 is 5.80. The summed E-state index contributed by atoms with van der Waals surface area (Å²) in [5.41, 5.74) is 2.18. The van der Waals surface area contributed by atoms with E-state index in [-0.39, 0.29) is 19.3 Å². The number of hydrogen-bond donors (Lipinski definition) is 3. The number of aromatic nitrogens is 1. The number of ether oxygens (including phenoxy) is 1. The Morgan fingerprint density at radius 1 is 1.21 bits per heavy atom. The van der Waals surface area contributed by atoms with Crippen molar-refractivity contribution in [2.24, 2.45) is 4.99 Å². The highest BCUT2D eigenvalue weighted by molar-refractivity contribution is 6.29. The van der Waals surface area contributed by atoms with Gasteiger partial charge in [0.25, 0.3) is 0 Å². The van der Waals surface area contributed by atoms with E-state index in [2.05, 4.69) is 20.6 Å². The Hall–Kier alpha value is -2.15. The van der Waals surface area contributed by atoms with Crippen LogP contribution in [0.4, 0.5) is 0 Å². The van der Waals surface area contributed by atoms with E-state index in [0.29, 0.717) is 17.7 Å². The van der Waals surface area contributed by atoms with Gasteiger partial charge in [-0.2, -0.15) is 0 Å². The van der Waals surface area contributed by atoms with Gasteiger partial charge in [-0.1, -0.05) is 48.0 Å². The molecule has 28 heavy (non-hydrogen) atoms. The van der Waals surface area contributed by atoms with Crippen LogP contribution in [0.2, 0.25) is 5.15 Å². The van der Waals surface area contributed by atoms with Crippen molar-refractivity contribution in [1.29, 1.82) is 0 Å². The van der Waals surface area contributed by atoms with Crippen LogP contribution in [0.1, 0.15) is 31.1 Å². The number of aliphatic hydroxyl groups excluding tert-OH is 1. The largest absolute Gasteiger partial charge is 0.389 e. The first-order chi connectivity index (χ1) is 13.6. The van der Waals surface area contributed by atoms with Crippen LogP contribution in [-0.4, -0.2) is 48.4 Å². The van der Waals surface area contributed by atoms with Gasteiger partial charge in [0, 0.05) is 19.3 Å². The van der Waals surface area contributed by atoms with Crippen molar-refractivity contribution in [1.82, 2.24) is 15.6 Å². The van der Waals surface area contributed by atoms with Crippen LogP contribution in [0, 0.1) is 0 Å². The molecule has 0 saturated heterocycles. The Balaban J connectivity index is 1.74. The summed E-state index contributed by atoms with van der Waals surface area (Å²) in [5, 5.41) is 17.1. The Kier molecular flexibility index (Phi) is 9.76. The second-order valence-corrected chi connectivity index (χ2v) is 6.81. The van der Waals surface area contributed by atoms with Crippen molar-refractivity contribution in [3.63, 3.8) is 0 Å². The van der Waals surface area contributed by atoms with Crippen LogP contribution < -0.4 is 10.6 Å². The molecule has 1 heterocycles.